The molecule has 0 N–H and O–H groups in total. The van der Waals surface area contributed by atoms with E-state index in [2.05, 4.69) is 123 Å². The lowest BCUT2D eigenvalue weighted by atomic mass is 9.91. The molecule has 0 aromatic heterocycles. The number of rotatable bonds is 48. The molecule has 0 saturated heterocycles. The van der Waals surface area contributed by atoms with Gasteiger partial charge in [0.2, 0.25) is 5.75 Å². The van der Waals surface area contributed by atoms with Crippen LogP contribution in [0.25, 0.3) is 0 Å². The monoisotopic (exact) mass is 980 g/mol. The zero-order valence-corrected chi connectivity index (χ0v) is 50.3. The fraction of sp³-hybridized carbons (Fsp3) is 0.896. The van der Waals surface area contributed by atoms with Crippen molar-refractivity contribution in [3.8, 4) is 17.2 Å². The summed E-state index contributed by atoms with van der Waals surface area (Å²) in [6, 6.07) is 4.16. The van der Waals surface area contributed by atoms with Gasteiger partial charge in [-0.05, 0) is 115 Å². The van der Waals surface area contributed by atoms with Gasteiger partial charge in [-0.15, -0.1) is 0 Å². The Morgan fingerprint density at radius 3 is 0.671 bits per heavy atom. The molecule has 3 nitrogen and oxygen atoms in total. The van der Waals surface area contributed by atoms with Gasteiger partial charge < -0.3 is 14.2 Å². The number of ether oxygens (including phenoxy) is 3. The first-order chi connectivity index (χ1) is 33.3. The summed E-state index contributed by atoms with van der Waals surface area (Å²) in [7, 11) is 0. The van der Waals surface area contributed by atoms with Crippen LogP contribution in [0.3, 0.4) is 0 Å². The summed E-state index contributed by atoms with van der Waals surface area (Å²) in [6.45, 7) is 42.6. The van der Waals surface area contributed by atoms with Crippen LogP contribution in [-0.4, -0.2) is 19.8 Å². The second-order valence-corrected chi connectivity index (χ2v) is 26.3. The van der Waals surface area contributed by atoms with E-state index in [0.29, 0.717) is 37.6 Å². The van der Waals surface area contributed by atoms with E-state index < -0.39 is 0 Å². The molecule has 0 aliphatic rings. The molecule has 1 aromatic carbocycles. The first-order valence-electron chi connectivity index (χ1n) is 31.2. The third-order valence-corrected chi connectivity index (χ3v) is 16.5. The van der Waals surface area contributed by atoms with Crippen LogP contribution >= 0.6 is 0 Å². The molecule has 0 fully saturated rings. The van der Waals surface area contributed by atoms with Crippen molar-refractivity contribution in [1.82, 2.24) is 0 Å². The van der Waals surface area contributed by atoms with Crippen molar-refractivity contribution in [2.24, 2.45) is 71.0 Å². The average Bonchev–Trinajstić information content (AvgIpc) is 3.26. The van der Waals surface area contributed by atoms with Crippen LogP contribution in [0.2, 0.25) is 0 Å². The highest BCUT2D eigenvalue weighted by molar-refractivity contribution is 5.54. The molecule has 9 atom stereocenters. The van der Waals surface area contributed by atoms with E-state index in [4.69, 9.17) is 14.2 Å². The summed E-state index contributed by atoms with van der Waals surface area (Å²) in [5.74, 6) is 12.0. The minimum Gasteiger partial charge on any atom is -0.490 e. The Hall–Kier alpha value is -1.38. The molecule has 70 heavy (non-hydrogen) atoms. The minimum atomic E-state index is 0.632. The second kappa shape index (κ2) is 41.9. The van der Waals surface area contributed by atoms with Gasteiger partial charge in [0.25, 0.3) is 0 Å². The quantitative estimate of drug-likeness (QED) is 0.0651. The zero-order chi connectivity index (χ0) is 52.1. The predicted octanol–water partition coefficient (Wildman–Crippen LogP) is 22.4. The van der Waals surface area contributed by atoms with Crippen LogP contribution in [-0.2, 0) is 0 Å². The molecule has 3 heteroatoms. The van der Waals surface area contributed by atoms with Crippen LogP contribution in [0.15, 0.2) is 12.1 Å². The van der Waals surface area contributed by atoms with Crippen molar-refractivity contribution in [2.45, 2.75) is 296 Å². The summed E-state index contributed by atoms with van der Waals surface area (Å²) in [5.41, 5.74) is 0.930. The topological polar surface area (TPSA) is 27.7 Å². The van der Waals surface area contributed by atoms with Crippen LogP contribution in [0.4, 0.5) is 0 Å². The van der Waals surface area contributed by atoms with Gasteiger partial charge in [-0.3, -0.25) is 0 Å². The van der Waals surface area contributed by atoms with Crippen LogP contribution < -0.4 is 14.2 Å². The van der Waals surface area contributed by atoms with E-state index in [0.717, 1.165) is 95.3 Å². The third-order valence-electron chi connectivity index (χ3n) is 16.5. The first kappa shape index (κ1) is 66.6. The molecule has 0 aliphatic heterocycles. The van der Waals surface area contributed by atoms with Gasteiger partial charge in [0, 0.05) is 0 Å². The maximum absolute atomic E-state index is 6.71. The van der Waals surface area contributed by atoms with Crippen molar-refractivity contribution in [3.05, 3.63) is 24.6 Å². The lowest BCUT2D eigenvalue weighted by molar-refractivity contribution is 0.215. The van der Waals surface area contributed by atoms with Gasteiger partial charge in [-0.25, -0.2) is 0 Å². The summed E-state index contributed by atoms with van der Waals surface area (Å²) in [6.07, 6.45) is 40.0. The maximum Gasteiger partial charge on any atom is 0.203 e. The van der Waals surface area contributed by atoms with E-state index in [1.54, 1.807) is 0 Å². The van der Waals surface area contributed by atoms with E-state index >= 15 is 0 Å². The van der Waals surface area contributed by atoms with E-state index in [-0.39, 0.29) is 0 Å². The van der Waals surface area contributed by atoms with Crippen molar-refractivity contribution in [1.29, 1.82) is 0 Å². The van der Waals surface area contributed by atoms with Gasteiger partial charge >= 0.3 is 0 Å². The fourth-order valence-electron chi connectivity index (χ4n) is 10.9. The molecule has 0 bridgehead atoms. The molecule has 413 valence electrons. The highest BCUT2D eigenvalue weighted by Gasteiger charge is 2.18. The van der Waals surface area contributed by atoms with Gasteiger partial charge in [0.15, 0.2) is 11.5 Å². The molecule has 0 aliphatic carbocycles. The molecule has 1 radical (unpaired) electrons. The molecular weight excluding hydrogens is 853 g/mol. The van der Waals surface area contributed by atoms with Crippen molar-refractivity contribution < 1.29 is 14.2 Å². The molecular formula is C67H127O3. The minimum absolute atomic E-state index is 0.632. The Labute approximate surface area is 441 Å². The van der Waals surface area contributed by atoms with Gasteiger partial charge in [-0.1, -0.05) is 277 Å². The Morgan fingerprint density at radius 2 is 0.457 bits per heavy atom. The van der Waals surface area contributed by atoms with E-state index in [1.807, 2.05) is 0 Å². The molecule has 0 amide bonds. The van der Waals surface area contributed by atoms with Crippen LogP contribution in [0.5, 0.6) is 17.2 Å². The largest absolute Gasteiger partial charge is 0.490 e. The van der Waals surface area contributed by atoms with Crippen LogP contribution in [0, 0.1) is 77.9 Å². The molecule has 3 unspecified atom stereocenters. The Morgan fingerprint density at radius 1 is 0.271 bits per heavy atom. The lowest BCUT2D eigenvalue weighted by Crippen LogP contribution is -2.11. The molecule has 0 spiro atoms. The summed E-state index contributed by atoms with van der Waals surface area (Å²) in [4.78, 5) is 0. The lowest BCUT2D eigenvalue weighted by Gasteiger charge is -2.21. The van der Waals surface area contributed by atoms with Crippen molar-refractivity contribution >= 4 is 0 Å². The summed E-state index contributed by atoms with van der Waals surface area (Å²) >= 11 is 0. The normalized spacial score (nSPS) is 16.0. The fourth-order valence-corrected chi connectivity index (χ4v) is 10.9. The number of hydrogen-bond acceptors (Lipinski definition) is 3. The van der Waals surface area contributed by atoms with Gasteiger partial charge in [0.1, 0.15) is 0 Å². The smallest absolute Gasteiger partial charge is 0.203 e. The van der Waals surface area contributed by atoms with Gasteiger partial charge in [-0.2, -0.15) is 0 Å². The van der Waals surface area contributed by atoms with E-state index in [1.165, 1.54) is 173 Å². The Kier molecular flexibility index (Phi) is 39.9. The molecule has 0 heterocycles. The highest BCUT2D eigenvalue weighted by Crippen LogP contribution is 2.40. The highest BCUT2D eigenvalue weighted by atomic mass is 16.5. The SMILES string of the molecule is [CH2]c1cc(OCCC(C)CCC[C@H](C)CCC[C@H](C)CCCC(C)C)c(OCCC(C)CCC[C@H](C)CCC[C@H](C)CCCC(C)C)c(OCCC(C)CCC[C@H](C)CCC[C@H](C)CCCC(C)C)c1. The van der Waals surface area contributed by atoms with Gasteiger partial charge in [0.05, 0.1) is 19.8 Å². The maximum atomic E-state index is 6.71. The van der Waals surface area contributed by atoms with Crippen molar-refractivity contribution in [2.75, 3.05) is 19.8 Å². The van der Waals surface area contributed by atoms with Crippen LogP contribution in [0.1, 0.15) is 302 Å². The first-order valence-corrected chi connectivity index (χ1v) is 31.2. The standard InChI is InChI=1S/C67H127O3/c1-52(2)26-17-29-55(7)32-20-35-58(10)38-23-41-61(13)44-47-68-65-50-64(16)51-66(69-48-45-62(14)42-24-39-59(11)36-21-33-56(8)30-18-27-53(3)4)67(65)70-49-46-63(15)43-25-40-60(12)37-22-34-57(9)31-19-28-54(5)6/h50-63H,16-49H2,1-15H3/t55-,56-,57-,58-,59-,60-,61?,62?,63?/m1/s1. The Balaban J connectivity index is 2.70. The summed E-state index contributed by atoms with van der Waals surface area (Å²) < 4.78 is 20.0. The summed E-state index contributed by atoms with van der Waals surface area (Å²) in [5, 5.41) is 0. The molecule has 0 saturated carbocycles. The van der Waals surface area contributed by atoms with E-state index in [9.17, 15) is 0 Å². The third kappa shape index (κ3) is 38.2. The molecule has 1 aromatic rings. The average molecular weight is 981 g/mol. The number of hydrogen-bond donors (Lipinski definition) is 0. The predicted molar refractivity (Wildman–Crippen MR) is 313 cm³/mol. The second-order valence-electron chi connectivity index (χ2n) is 26.3. The van der Waals surface area contributed by atoms with Crippen molar-refractivity contribution in [3.63, 3.8) is 0 Å². The number of benzene rings is 1. The Bertz CT molecular complexity index is 1250. The molecule has 1 rings (SSSR count). The zero-order valence-electron chi connectivity index (χ0n) is 50.3.